The summed E-state index contributed by atoms with van der Waals surface area (Å²) in [6.07, 6.45) is 4.90. The van der Waals surface area contributed by atoms with Crippen molar-refractivity contribution >= 4 is 28.4 Å². The van der Waals surface area contributed by atoms with E-state index in [2.05, 4.69) is 14.9 Å². The third-order valence-electron chi connectivity index (χ3n) is 3.77. The van der Waals surface area contributed by atoms with Gasteiger partial charge in [0.05, 0.1) is 6.54 Å². The molecule has 5 nitrogen and oxygen atoms in total. The van der Waals surface area contributed by atoms with Crippen LogP contribution >= 0.6 is 11.6 Å². The van der Waals surface area contributed by atoms with Crippen LogP contribution in [-0.4, -0.2) is 29.2 Å². The fourth-order valence-corrected chi connectivity index (χ4v) is 2.85. The molecule has 0 spiro atoms. The van der Waals surface area contributed by atoms with Gasteiger partial charge < -0.3 is 14.1 Å². The molecule has 1 saturated heterocycles. The zero-order valence-corrected chi connectivity index (χ0v) is 12.5. The summed E-state index contributed by atoms with van der Waals surface area (Å²) in [7, 11) is 0. The van der Waals surface area contributed by atoms with Crippen molar-refractivity contribution in [3.8, 4) is 6.08 Å². The first-order valence-electron chi connectivity index (χ1n) is 7.16. The highest BCUT2D eigenvalue weighted by Crippen LogP contribution is 2.26. The van der Waals surface area contributed by atoms with Crippen molar-refractivity contribution in [3.05, 3.63) is 47.7 Å². The lowest BCUT2D eigenvalue weighted by Gasteiger charge is -2.17. The van der Waals surface area contributed by atoms with Gasteiger partial charge in [0.2, 0.25) is 0 Å². The van der Waals surface area contributed by atoms with Gasteiger partial charge in [-0.1, -0.05) is 11.6 Å². The highest BCUT2D eigenvalue weighted by Gasteiger charge is 2.25. The minimum absolute atomic E-state index is 0.0664. The van der Waals surface area contributed by atoms with Gasteiger partial charge in [-0.3, -0.25) is 4.98 Å². The summed E-state index contributed by atoms with van der Waals surface area (Å²) in [5, 5.41) is 0.636. The molecule has 0 bridgehead atoms. The highest BCUT2D eigenvalue weighted by molar-refractivity contribution is 6.31. The number of fused-ring (bicyclic) bond motifs is 1. The first-order chi connectivity index (χ1) is 10.8. The Labute approximate surface area is 132 Å². The van der Waals surface area contributed by atoms with E-state index in [0.717, 1.165) is 25.2 Å². The van der Waals surface area contributed by atoms with E-state index in [0.29, 0.717) is 22.2 Å². The maximum Gasteiger partial charge on any atom is 0.394 e. The zero-order chi connectivity index (χ0) is 14.9. The molecule has 1 aliphatic heterocycles. The second-order valence-electron chi connectivity index (χ2n) is 5.27. The summed E-state index contributed by atoms with van der Waals surface area (Å²) in [4.78, 5) is 10.6. The van der Waals surface area contributed by atoms with E-state index in [-0.39, 0.29) is 6.10 Å². The summed E-state index contributed by atoms with van der Waals surface area (Å²) >= 11 is 5.95. The van der Waals surface area contributed by atoms with Gasteiger partial charge in [0.1, 0.15) is 11.6 Å². The number of benzene rings is 1. The van der Waals surface area contributed by atoms with Crippen molar-refractivity contribution in [2.45, 2.75) is 12.5 Å². The lowest BCUT2D eigenvalue weighted by atomic mass is 10.3. The molecule has 1 unspecified atom stereocenters. The normalized spacial score (nSPS) is 18.0. The molecule has 112 valence electrons. The number of anilines is 1. The summed E-state index contributed by atoms with van der Waals surface area (Å²) in [6, 6.07) is 9.36. The summed E-state index contributed by atoms with van der Waals surface area (Å²) in [6.45, 7) is 1.75. The first kappa shape index (κ1) is 13.4. The minimum atomic E-state index is 0.0664. The minimum Gasteiger partial charge on any atom is -0.445 e. The Morgan fingerprint density at radius 2 is 2.09 bits per heavy atom. The smallest absolute Gasteiger partial charge is 0.394 e. The monoisotopic (exact) mass is 315 g/mol. The molecule has 0 amide bonds. The van der Waals surface area contributed by atoms with Crippen LogP contribution in [0.4, 0.5) is 5.69 Å². The van der Waals surface area contributed by atoms with Gasteiger partial charge in [0.25, 0.3) is 0 Å². The summed E-state index contributed by atoms with van der Waals surface area (Å²) < 4.78 is 11.5. The number of hydrogen-bond donors (Lipinski definition) is 0. The molecule has 6 heteroatoms. The molecule has 2 aromatic heterocycles. The van der Waals surface area contributed by atoms with E-state index >= 15 is 0 Å². The lowest BCUT2D eigenvalue weighted by molar-refractivity contribution is 0.167. The second-order valence-corrected chi connectivity index (χ2v) is 5.71. The maximum atomic E-state index is 5.95. The molecule has 4 rings (SSSR count). The van der Waals surface area contributed by atoms with Gasteiger partial charge in [-0.05, 0) is 30.3 Å². The molecular formula is C16H14ClN3O2. The molecule has 0 radical (unpaired) electrons. The average Bonchev–Trinajstić information content (AvgIpc) is 3.14. The zero-order valence-electron chi connectivity index (χ0n) is 11.8. The van der Waals surface area contributed by atoms with Gasteiger partial charge in [-0.15, -0.1) is 0 Å². The number of ether oxygens (including phenoxy) is 1. The van der Waals surface area contributed by atoms with Crippen LogP contribution in [0, 0.1) is 0 Å². The molecule has 22 heavy (non-hydrogen) atoms. The van der Waals surface area contributed by atoms with Crippen LogP contribution in [-0.2, 0) is 0 Å². The molecule has 1 fully saturated rings. The molecule has 0 aliphatic carbocycles. The van der Waals surface area contributed by atoms with E-state index in [1.807, 2.05) is 12.1 Å². The third kappa shape index (κ3) is 2.60. The molecule has 1 aromatic carbocycles. The van der Waals surface area contributed by atoms with Crippen LogP contribution in [0.2, 0.25) is 5.02 Å². The van der Waals surface area contributed by atoms with E-state index in [1.54, 1.807) is 30.6 Å². The van der Waals surface area contributed by atoms with Crippen LogP contribution < -0.4 is 9.64 Å². The Balaban J connectivity index is 1.47. The fraction of sp³-hybridized carbons (Fsp3) is 0.250. The van der Waals surface area contributed by atoms with Gasteiger partial charge in [-0.2, -0.15) is 4.98 Å². The predicted molar refractivity (Wildman–Crippen MR) is 84.5 cm³/mol. The number of halogens is 1. The van der Waals surface area contributed by atoms with Crippen LogP contribution in [0.25, 0.3) is 11.1 Å². The number of oxazole rings is 1. The number of hydrogen-bond acceptors (Lipinski definition) is 5. The van der Waals surface area contributed by atoms with Crippen molar-refractivity contribution in [2.75, 3.05) is 18.0 Å². The number of pyridine rings is 1. The summed E-state index contributed by atoms with van der Waals surface area (Å²) in [5.74, 6) is 0. The number of nitrogens with zero attached hydrogens (tertiary/aromatic N) is 3. The van der Waals surface area contributed by atoms with Gasteiger partial charge in [-0.25, -0.2) is 0 Å². The lowest BCUT2D eigenvalue weighted by Crippen LogP contribution is -2.24. The van der Waals surface area contributed by atoms with Crippen LogP contribution in [0.15, 0.2) is 47.1 Å². The van der Waals surface area contributed by atoms with Gasteiger partial charge in [0.15, 0.2) is 5.58 Å². The maximum absolute atomic E-state index is 5.95. The molecule has 1 atom stereocenters. The molecule has 3 heterocycles. The molecule has 1 aliphatic rings. The van der Waals surface area contributed by atoms with Gasteiger partial charge in [0, 0.05) is 36.1 Å². The van der Waals surface area contributed by atoms with E-state index < -0.39 is 0 Å². The Bertz CT molecular complexity index is 790. The topological polar surface area (TPSA) is 51.4 Å². The van der Waals surface area contributed by atoms with Crippen molar-refractivity contribution in [3.63, 3.8) is 0 Å². The molecule has 0 saturated carbocycles. The molecular weight excluding hydrogens is 302 g/mol. The Kier molecular flexibility index (Phi) is 3.35. The molecule has 0 N–H and O–H groups in total. The van der Waals surface area contributed by atoms with Gasteiger partial charge >= 0.3 is 6.08 Å². The van der Waals surface area contributed by atoms with Crippen LogP contribution in [0.3, 0.4) is 0 Å². The van der Waals surface area contributed by atoms with Crippen molar-refractivity contribution < 1.29 is 9.15 Å². The quantitative estimate of drug-likeness (QED) is 0.740. The van der Waals surface area contributed by atoms with Crippen molar-refractivity contribution in [1.82, 2.24) is 9.97 Å². The Morgan fingerprint density at radius 1 is 1.23 bits per heavy atom. The van der Waals surface area contributed by atoms with Crippen molar-refractivity contribution in [2.24, 2.45) is 0 Å². The van der Waals surface area contributed by atoms with E-state index in [9.17, 15) is 0 Å². The van der Waals surface area contributed by atoms with E-state index in [1.165, 1.54) is 0 Å². The highest BCUT2D eigenvalue weighted by atomic mass is 35.5. The first-order valence-corrected chi connectivity index (χ1v) is 7.53. The van der Waals surface area contributed by atoms with Crippen molar-refractivity contribution in [1.29, 1.82) is 0 Å². The van der Waals surface area contributed by atoms with E-state index in [4.69, 9.17) is 20.8 Å². The van der Waals surface area contributed by atoms with Crippen LogP contribution in [0.5, 0.6) is 6.08 Å². The Hall–Kier alpha value is -2.27. The third-order valence-corrected chi connectivity index (χ3v) is 4.01. The SMILES string of the molecule is Clc1ccc2oc(OC3CCN(c4ccncc4)C3)nc2c1. The fourth-order valence-electron chi connectivity index (χ4n) is 2.69. The number of aromatic nitrogens is 2. The standard InChI is InChI=1S/C16H14ClN3O2/c17-11-1-2-15-14(9-11)19-16(22-15)21-13-5-8-20(10-13)12-3-6-18-7-4-12/h1-4,6-7,9,13H,5,8,10H2. The summed E-state index contributed by atoms with van der Waals surface area (Å²) in [5.41, 5.74) is 2.56. The molecule has 3 aromatic rings. The predicted octanol–water partition coefficient (Wildman–Crippen LogP) is 3.53. The average molecular weight is 316 g/mol. The Morgan fingerprint density at radius 3 is 2.95 bits per heavy atom. The second kappa shape index (κ2) is 5.50. The van der Waals surface area contributed by atoms with Crippen LogP contribution in [0.1, 0.15) is 6.42 Å². The number of rotatable bonds is 3. The largest absolute Gasteiger partial charge is 0.445 e.